The molecule has 0 spiro atoms. The van der Waals surface area contributed by atoms with Gasteiger partial charge in [0, 0.05) is 36.6 Å². The number of benzene rings is 1. The predicted octanol–water partition coefficient (Wildman–Crippen LogP) is 4.62. The maximum absolute atomic E-state index is 5.23. The molecule has 2 aliphatic heterocycles. The Morgan fingerprint density at radius 1 is 1.13 bits per heavy atom. The van der Waals surface area contributed by atoms with Crippen LogP contribution in [-0.2, 0) is 11.2 Å². The molecule has 5 heteroatoms. The number of nitrogens with zero attached hydrogens (tertiary/aromatic N) is 3. The Morgan fingerprint density at radius 2 is 1.77 bits per heavy atom. The lowest BCUT2D eigenvalue weighted by atomic mass is 10.0. The molecular weight excluding hydrogens is 372 g/mol. The van der Waals surface area contributed by atoms with Crippen LogP contribution in [0, 0.1) is 0 Å². The largest absolute Gasteiger partial charge is 0.378 e. The summed E-state index contributed by atoms with van der Waals surface area (Å²) in [6, 6.07) is 9.83. The molecule has 0 bridgehead atoms. The number of rotatable bonds is 7. The fraction of sp³-hybridized carbons (Fsp3) is 0.480. The second-order valence-electron chi connectivity index (χ2n) is 7.94. The number of allylic oxidation sites excluding steroid dienone is 3. The summed E-state index contributed by atoms with van der Waals surface area (Å²) >= 11 is 0. The van der Waals surface area contributed by atoms with Crippen LogP contribution in [0.2, 0.25) is 0 Å². The topological polar surface area (TPSA) is 42.3 Å². The molecule has 0 unspecified atom stereocenters. The van der Waals surface area contributed by atoms with Gasteiger partial charge in [0.15, 0.2) is 0 Å². The first-order valence-corrected chi connectivity index (χ1v) is 11.2. The Hall–Kier alpha value is -2.37. The van der Waals surface area contributed by atoms with Crippen molar-refractivity contribution < 1.29 is 4.74 Å². The van der Waals surface area contributed by atoms with Gasteiger partial charge >= 0.3 is 0 Å². The zero-order valence-electron chi connectivity index (χ0n) is 19.1. The third-order valence-corrected chi connectivity index (χ3v) is 5.64. The molecule has 1 aromatic heterocycles. The van der Waals surface area contributed by atoms with E-state index in [1.54, 1.807) is 0 Å². The third-order valence-electron chi connectivity index (χ3n) is 5.64. The van der Waals surface area contributed by atoms with Gasteiger partial charge in [-0.3, -0.25) is 0 Å². The monoisotopic (exact) mass is 408 g/mol. The summed E-state index contributed by atoms with van der Waals surface area (Å²) in [5.41, 5.74) is 7.01. The zero-order chi connectivity index (χ0) is 21.7. The predicted molar refractivity (Wildman–Crippen MR) is 126 cm³/mol. The van der Waals surface area contributed by atoms with Gasteiger partial charge in [-0.05, 0) is 50.1 Å². The van der Waals surface area contributed by atoms with Crippen molar-refractivity contribution in [1.29, 1.82) is 0 Å². The maximum Gasteiger partial charge on any atom is 0.0958 e. The van der Waals surface area contributed by atoms with Crippen LogP contribution >= 0.6 is 0 Å². The first-order valence-electron chi connectivity index (χ1n) is 11.2. The molecule has 1 aromatic carbocycles. The first-order chi connectivity index (χ1) is 14.6. The minimum absolute atomic E-state index is 0.553. The van der Waals surface area contributed by atoms with Crippen molar-refractivity contribution in [2.24, 2.45) is 0 Å². The number of hydrogen-bond donors (Lipinski definition) is 1. The lowest BCUT2D eigenvalue weighted by molar-refractivity contribution is -0.0114. The highest BCUT2D eigenvalue weighted by Crippen LogP contribution is 2.26. The van der Waals surface area contributed by atoms with Crippen LogP contribution < -0.4 is 10.2 Å². The number of nitrogens with one attached hydrogen (secondary N) is 1. The van der Waals surface area contributed by atoms with Gasteiger partial charge in [0.05, 0.1) is 30.6 Å². The van der Waals surface area contributed by atoms with E-state index in [1.165, 1.54) is 16.8 Å². The van der Waals surface area contributed by atoms with Gasteiger partial charge in [0.1, 0.15) is 0 Å². The van der Waals surface area contributed by atoms with Crippen LogP contribution in [0.15, 0.2) is 48.7 Å². The van der Waals surface area contributed by atoms with Crippen molar-refractivity contribution >= 4 is 11.3 Å². The standard InChI is InChI=1S/C23H30N4O.C2H6/c1-5-17-11-27(25-23(17)22(6-2)16(3)4)21-9-7-20(8-10-21)26-12-18(13-26)24-19-14-28-15-19;1-2/h6-11,18-19,24H,2,5,12-15H2,1,3-4H3;1-2H3. The van der Waals surface area contributed by atoms with Crippen LogP contribution in [0.25, 0.3) is 11.3 Å². The average molecular weight is 409 g/mol. The van der Waals surface area contributed by atoms with E-state index in [-0.39, 0.29) is 0 Å². The van der Waals surface area contributed by atoms with Crippen molar-refractivity contribution in [3.05, 3.63) is 59.9 Å². The molecule has 4 rings (SSSR count). The van der Waals surface area contributed by atoms with E-state index in [2.05, 4.69) is 68.0 Å². The number of hydrogen-bond acceptors (Lipinski definition) is 4. The van der Waals surface area contributed by atoms with Crippen LogP contribution in [-0.4, -0.2) is 48.2 Å². The van der Waals surface area contributed by atoms with Gasteiger partial charge in [-0.15, -0.1) is 0 Å². The molecular formula is C25H36N4O. The number of aromatic nitrogens is 2. The highest BCUT2D eigenvalue weighted by molar-refractivity contribution is 5.75. The molecule has 2 aliphatic rings. The second kappa shape index (κ2) is 10.1. The quantitative estimate of drug-likeness (QED) is 0.679. The third kappa shape index (κ3) is 4.68. The molecule has 2 aromatic rings. The molecule has 1 N–H and O–H groups in total. The number of ether oxygens (including phenoxy) is 1. The van der Waals surface area contributed by atoms with Crippen molar-refractivity contribution in [2.75, 3.05) is 31.2 Å². The molecule has 0 amide bonds. The normalized spacial score (nSPS) is 16.2. The Morgan fingerprint density at radius 3 is 2.27 bits per heavy atom. The lowest BCUT2D eigenvalue weighted by Crippen LogP contribution is -2.63. The van der Waals surface area contributed by atoms with Gasteiger partial charge in [-0.25, -0.2) is 4.68 Å². The highest BCUT2D eigenvalue weighted by atomic mass is 16.5. The molecule has 0 saturated carbocycles. The molecule has 3 heterocycles. The van der Waals surface area contributed by atoms with Crippen molar-refractivity contribution in [1.82, 2.24) is 15.1 Å². The number of anilines is 1. The maximum atomic E-state index is 5.23. The summed E-state index contributed by atoms with van der Waals surface area (Å²) in [6.45, 7) is 18.2. The van der Waals surface area contributed by atoms with E-state index in [4.69, 9.17) is 9.84 Å². The van der Waals surface area contributed by atoms with Crippen LogP contribution in [0.4, 0.5) is 5.69 Å². The van der Waals surface area contributed by atoms with E-state index >= 15 is 0 Å². The van der Waals surface area contributed by atoms with E-state index in [9.17, 15) is 0 Å². The molecule has 5 nitrogen and oxygen atoms in total. The fourth-order valence-electron chi connectivity index (χ4n) is 3.84. The van der Waals surface area contributed by atoms with E-state index in [0.29, 0.717) is 12.1 Å². The summed E-state index contributed by atoms with van der Waals surface area (Å²) in [7, 11) is 0. The van der Waals surface area contributed by atoms with Crippen molar-refractivity contribution in [3.63, 3.8) is 0 Å². The van der Waals surface area contributed by atoms with E-state index < -0.39 is 0 Å². The van der Waals surface area contributed by atoms with Gasteiger partial charge in [0.2, 0.25) is 0 Å². The molecule has 0 aliphatic carbocycles. The summed E-state index contributed by atoms with van der Waals surface area (Å²) in [5.74, 6) is 0. The summed E-state index contributed by atoms with van der Waals surface area (Å²) in [4.78, 5) is 2.41. The Bertz CT molecular complexity index is 867. The summed E-state index contributed by atoms with van der Waals surface area (Å²) < 4.78 is 7.22. The minimum Gasteiger partial charge on any atom is -0.378 e. The van der Waals surface area contributed by atoms with Gasteiger partial charge in [-0.1, -0.05) is 39.0 Å². The van der Waals surface area contributed by atoms with Crippen LogP contribution in [0.3, 0.4) is 0 Å². The molecule has 2 fully saturated rings. The van der Waals surface area contributed by atoms with Crippen molar-refractivity contribution in [2.45, 2.75) is 53.1 Å². The molecule has 2 saturated heterocycles. The first kappa shape index (κ1) is 22.3. The Kier molecular flexibility index (Phi) is 7.51. The molecule has 162 valence electrons. The SMILES string of the molecule is C=CC(=C(C)C)c1nn(-c2ccc(N3CC(NC4COC4)C3)cc2)cc1CC.CC. The fourth-order valence-corrected chi connectivity index (χ4v) is 3.84. The van der Waals surface area contributed by atoms with Crippen LogP contribution in [0.1, 0.15) is 45.9 Å². The zero-order valence-corrected chi connectivity index (χ0v) is 19.1. The minimum atomic E-state index is 0.553. The van der Waals surface area contributed by atoms with Gasteiger partial charge < -0.3 is 15.0 Å². The smallest absolute Gasteiger partial charge is 0.0958 e. The number of aryl methyl sites for hydroxylation is 1. The van der Waals surface area contributed by atoms with E-state index in [0.717, 1.165) is 49.7 Å². The average Bonchev–Trinajstić information content (AvgIpc) is 3.12. The van der Waals surface area contributed by atoms with Crippen molar-refractivity contribution in [3.8, 4) is 5.69 Å². The Balaban J connectivity index is 0.00000124. The lowest BCUT2D eigenvalue weighted by Gasteiger charge is -2.44. The summed E-state index contributed by atoms with van der Waals surface area (Å²) in [6.07, 6.45) is 5.00. The van der Waals surface area contributed by atoms with Gasteiger partial charge in [0.25, 0.3) is 0 Å². The van der Waals surface area contributed by atoms with Crippen LogP contribution in [0.5, 0.6) is 0 Å². The molecule has 0 atom stereocenters. The highest BCUT2D eigenvalue weighted by Gasteiger charge is 2.30. The second-order valence-corrected chi connectivity index (χ2v) is 7.94. The summed E-state index contributed by atoms with van der Waals surface area (Å²) in [5, 5.41) is 8.50. The molecule has 30 heavy (non-hydrogen) atoms. The Labute approximate surface area is 181 Å². The van der Waals surface area contributed by atoms with Gasteiger partial charge in [-0.2, -0.15) is 5.10 Å². The molecule has 0 radical (unpaired) electrons. The van der Waals surface area contributed by atoms with E-state index in [1.807, 2.05) is 24.6 Å².